The van der Waals surface area contributed by atoms with Crippen LogP contribution in [0.1, 0.15) is 98.9 Å². The fourth-order valence-electron chi connectivity index (χ4n) is 10.7. The van der Waals surface area contributed by atoms with Crippen LogP contribution in [0.25, 0.3) is 61.6 Å². The third kappa shape index (κ3) is 17.5. The van der Waals surface area contributed by atoms with Gasteiger partial charge in [0.1, 0.15) is 19.8 Å². The van der Waals surface area contributed by atoms with E-state index in [9.17, 15) is 14.4 Å². The number of terminal acetylenes is 2. The zero-order valence-corrected chi connectivity index (χ0v) is 52.0. The van der Waals surface area contributed by atoms with Crippen LogP contribution < -0.4 is 31.0 Å². The number of azide groups is 1. The number of nitrogens with one attached hydrogen (secondary N) is 1. The molecule has 0 unspecified atom stereocenters. The first-order valence-electron chi connectivity index (χ1n) is 30.5. The van der Waals surface area contributed by atoms with Crippen molar-refractivity contribution in [3.8, 4) is 41.9 Å². The highest BCUT2D eigenvalue weighted by molar-refractivity contribution is 6.04. The minimum Gasteiger partial charge on any atom is -0.485 e. The molecule has 3 heterocycles. The van der Waals surface area contributed by atoms with Crippen molar-refractivity contribution in [1.29, 1.82) is 0 Å². The van der Waals surface area contributed by atoms with E-state index < -0.39 is 0 Å². The van der Waals surface area contributed by atoms with Gasteiger partial charge in [0, 0.05) is 107 Å². The maximum absolute atomic E-state index is 12.0. The smallest absolute Gasteiger partial charge is 0.176 e. The summed E-state index contributed by atoms with van der Waals surface area (Å²) in [5.41, 5.74) is 35.8. The largest absolute Gasteiger partial charge is 0.485 e. The van der Waals surface area contributed by atoms with Gasteiger partial charge in [-0.1, -0.05) is 65.8 Å². The van der Waals surface area contributed by atoms with Crippen LogP contribution in [0.4, 0.5) is 17.1 Å². The maximum Gasteiger partial charge on any atom is 0.176 e. The van der Waals surface area contributed by atoms with E-state index in [2.05, 4.69) is 52.3 Å². The van der Waals surface area contributed by atoms with E-state index >= 15 is 0 Å². The van der Waals surface area contributed by atoms with E-state index in [1.165, 1.54) is 5.56 Å². The maximum atomic E-state index is 12.0. The number of ketones is 3. The number of anilines is 2. The molecule has 5 N–H and O–H groups in total. The molecule has 0 fully saturated rings. The fraction of sp³-hybridized carbons (Fsp3) is 0.267. The molecule has 9 aromatic rings. The van der Waals surface area contributed by atoms with Crippen molar-refractivity contribution in [2.75, 3.05) is 50.6 Å². The summed E-state index contributed by atoms with van der Waals surface area (Å²) in [5, 5.41) is 10.0. The molecule has 0 aliphatic heterocycles. The van der Waals surface area contributed by atoms with E-state index in [0.29, 0.717) is 118 Å². The first-order chi connectivity index (χ1) is 44.8. The number of benzene rings is 6. The van der Waals surface area contributed by atoms with Crippen LogP contribution in [-0.2, 0) is 62.9 Å². The molecule has 6 aromatic carbocycles. The summed E-state index contributed by atoms with van der Waals surface area (Å²) in [4.78, 5) is 38.5. The number of carbonyl (C=O) groups is 3. The van der Waals surface area contributed by atoms with Crippen LogP contribution in [0.2, 0.25) is 0 Å². The molecule has 470 valence electrons. The molecule has 0 bridgehead atoms. The van der Waals surface area contributed by atoms with Crippen LogP contribution in [-0.4, -0.2) is 56.9 Å². The first kappa shape index (κ1) is 65.9. The van der Waals surface area contributed by atoms with E-state index in [0.717, 1.165) is 121 Å². The highest BCUT2D eigenvalue weighted by Gasteiger charge is 2.24. The summed E-state index contributed by atoms with van der Waals surface area (Å²) < 4.78 is 45.7. The quantitative estimate of drug-likeness (QED) is 0.0135. The molecular weight excluding hydrogens is 1160 g/mol. The second kappa shape index (κ2) is 32.8. The zero-order chi connectivity index (χ0) is 64.8. The van der Waals surface area contributed by atoms with E-state index in [1.54, 1.807) is 43.1 Å². The van der Waals surface area contributed by atoms with Gasteiger partial charge in [0.05, 0.1) is 38.6 Å². The number of furan rings is 3. The van der Waals surface area contributed by atoms with Crippen LogP contribution in [0, 0.1) is 45.5 Å². The number of fused-ring (bicyclic) bond motifs is 6. The molecule has 92 heavy (non-hydrogen) atoms. The predicted molar refractivity (Wildman–Crippen MR) is 362 cm³/mol. The first-order valence-corrected chi connectivity index (χ1v) is 30.5. The summed E-state index contributed by atoms with van der Waals surface area (Å²) in [6.07, 6.45) is 31.0. The molecule has 0 spiro atoms. The molecule has 12 rings (SSSR count). The lowest BCUT2D eigenvalue weighted by Gasteiger charge is -2.17. The van der Waals surface area contributed by atoms with Crippen molar-refractivity contribution >= 4 is 85.5 Å². The number of hydrogen-bond acceptors (Lipinski definition) is 15. The number of rotatable bonds is 23. The number of carbonyl (C=O) groups excluding carboxylic acids is 3. The lowest BCUT2D eigenvalue weighted by molar-refractivity contribution is -0.114. The minimum atomic E-state index is 0.0443. The van der Waals surface area contributed by atoms with Gasteiger partial charge in [-0.05, 0) is 162 Å². The number of aryl methyl sites for hydroxylation is 3. The summed E-state index contributed by atoms with van der Waals surface area (Å²) in [6.45, 7) is 11.2. The van der Waals surface area contributed by atoms with Crippen LogP contribution in [0.3, 0.4) is 0 Å². The van der Waals surface area contributed by atoms with Gasteiger partial charge in [0.2, 0.25) is 0 Å². The SMILES string of the molecule is C#CCCOCCCCCNc1ccc(COc2c3c(cc4ccoc24)C=CC(=O)C3)cc1C.C#CCCOCCN.Cc1cc(COc2c3c(cc4ccoc24)C=CC(=O)C3)ccc1N.Cc1cc(COc2c3c(cc4ccoc24)C=CC(=O)C3)ccc1N=[N+]=[N-]. The summed E-state index contributed by atoms with van der Waals surface area (Å²) in [7, 11) is 0. The van der Waals surface area contributed by atoms with Gasteiger partial charge in [-0.2, -0.15) is 0 Å². The topological polar surface area (TPSA) is 250 Å². The minimum absolute atomic E-state index is 0.0443. The van der Waals surface area contributed by atoms with Crippen molar-refractivity contribution in [2.45, 2.75) is 92.0 Å². The average Bonchev–Trinajstić information content (AvgIpc) is 1.46. The molecule has 0 radical (unpaired) electrons. The Hall–Kier alpha value is -10.5. The number of ether oxygens (including phenoxy) is 5. The van der Waals surface area contributed by atoms with Crippen LogP contribution in [0.5, 0.6) is 17.2 Å². The molecule has 0 atom stereocenters. The Bertz CT molecular complexity index is 4350. The molecule has 3 aliphatic carbocycles. The van der Waals surface area contributed by atoms with Gasteiger partial charge >= 0.3 is 0 Å². The molecule has 0 saturated carbocycles. The third-order valence-corrected chi connectivity index (χ3v) is 15.4. The van der Waals surface area contributed by atoms with Crippen LogP contribution >= 0.6 is 0 Å². The van der Waals surface area contributed by atoms with Gasteiger partial charge in [0.15, 0.2) is 51.3 Å². The summed E-state index contributed by atoms with van der Waals surface area (Å²) in [6, 6.07) is 29.5. The van der Waals surface area contributed by atoms with Gasteiger partial charge in [-0.15, -0.1) is 24.7 Å². The summed E-state index contributed by atoms with van der Waals surface area (Å²) >= 11 is 0. The van der Waals surface area contributed by atoms with Crippen molar-refractivity contribution in [3.63, 3.8) is 0 Å². The molecule has 0 saturated heterocycles. The van der Waals surface area contributed by atoms with Gasteiger partial charge in [0.25, 0.3) is 0 Å². The van der Waals surface area contributed by atoms with E-state index in [1.807, 2.05) is 98.8 Å². The molecule has 3 aromatic heterocycles. The highest BCUT2D eigenvalue weighted by Crippen LogP contribution is 2.40. The molecule has 17 nitrogen and oxygen atoms in total. The Labute approximate surface area is 535 Å². The number of nitrogens with two attached hydrogens (primary N) is 2. The van der Waals surface area contributed by atoms with Crippen molar-refractivity contribution in [3.05, 3.63) is 205 Å². The van der Waals surface area contributed by atoms with Crippen LogP contribution in [0.15, 0.2) is 146 Å². The second-order valence-corrected chi connectivity index (χ2v) is 22.2. The normalized spacial score (nSPS) is 12.4. The number of nitrogens with zero attached hydrogens (tertiary/aromatic N) is 3. The average molecular weight is 1240 g/mol. The Morgan fingerprint density at radius 3 is 1.42 bits per heavy atom. The number of hydrogen-bond donors (Lipinski definition) is 3. The number of unbranched alkanes of at least 4 members (excludes halogenated alkanes) is 2. The van der Waals surface area contributed by atoms with E-state index in [4.69, 9.17) is 66.8 Å². The second-order valence-electron chi connectivity index (χ2n) is 22.2. The Morgan fingerprint density at radius 2 is 0.989 bits per heavy atom. The zero-order valence-electron chi connectivity index (χ0n) is 52.0. The monoisotopic (exact) mass is 1230 g/mol. The Morgan fingerprint density at radius 1 is 0.543 bits per heavy atom. The highest BCUT2D eigenvalue weighted by atomic mass is 16.5. The number of nitrogen functional groups attached to an aromatic ring is 1. The molecule has 0 amide bonds. The van der Waals surface area contributed by atoms with Gasteiger partial charge < -0.3 is 53.7 Å². The molecular formula is C75H74N6O11. The lowest BCUT2D eigenvalue weighted by atomic mass is 9.94. The van der Waals surface area contributed by atoms with Gasteiger partial charge in [-0.25, -0.2) is 0 Å². The fourth-order valence-corrected chi connectivity index (χ4v) is 10.7. The van der Waals surface area contributed by atoms with E-state index in [-0.39, 0.29) is 17.3 Å². The third-order valence-electron chi connectivity index (χ3n) is 15.4. The standard InChI is InChI=1S/C29H31NO4.C20H15N3O3.C20H17NO3.C6H11NO/c1-3-4-14-32-15-7-5-6-13-30-27-11-8-22(17-21(27)2)20-34-29-26-19-25(31)10-9-23(26)18-24-12-16-33-28(24)29;1-12-8-13(2-5-18(12)22-23-21)11-26-20-17-10-16(24)4-3-14(17)9-15-6-7-25-19(15)20;1-12-8-13(2-5-18(12)21)11-24-20-17-10-16(22)4-3-14(17)9-15-6-7-23-19(15)20;1-2-3-5-8-6-4-7/h1,8-12,16-18,30H,4-7,13-15,19-20H2,2H3;2-9H,10-11H2,1H3;2-9H,10-11,21H2,1H3;1H,3-7H2. The predicted octanol–water partition coefficient (Wildman–Crippen LogP) is 15.5. The molecule has 3 aliphatic rings. The summed E-state index contributed by atoms with van der Waals surface area (Å²) in [5.74, 6) is 7.16. The Kier molecular flexibility index (Phi) is 23.5. The molecule has 17 heteroatoms. The lowest BCUT2D eigenvalue weighted by Crippen LogP contribution is -2.09. The van der Waals surface area contributed by atoms with Gasteiger partial charge in [-0.3, -0.25) is 14.4 Å². The van der Waals surface area contributed by atoms with Crippen molar-refractivity contribution in [2.24, 2.45) is 10.8 Å². The Balaban J connectivity index is 0.000000156. The number of allylic oxidation sites excluding steroid dienone is 3. The van der Waals surface area contributed by atoms with Crippen molar-refractivity contribution in [1.82, 2.24) is 0 Å². The van der Waals surface area contributed by atoms with Crippen molar-refractivity contribution < 1.29 is 51.3 Å².